The Hall–Kier alpha value is -14.0. The Balaban J connectivity index is 0.000000104. The minimum absolute atomic E-state index is 0.198. The lowest BCUT2D eigenvalue weighted by Crippen LogP contribution is -2.50. The molecule has 0 aromatic carbocycles. The third-order valence-corrected chi connectivity index (χ3v) is 26.1. The number of hydrogen-bond acceptors (Lipinski definition) is 28. The van der Waals surface area contributed by atoms with Crippen molar-refractivity contribution < 1.29 is 58.9 Å². The molecule has 4 amide bonds. The van der Waals surface area contributed by atoms with E-state index in [2.05, 4.69) is 120 Å². The van der Waals surface area contributed by atoms with Crippen LogP contribution in [0.15, 0.2) is 147 Å². The van der Waals surface area contributed by atoms with Gasteiger partial charge in [0.1, 0.15) is 68.1 Å². The van der Waals surface area contributed by atoms with E-state index >= 15 is 0 Å². The minimum atomic E-state index is -0.504. The molecule has 662 valence electrons. The molecule has 40 heteroatoms. The molecule has 5 saturated carbocycles. The van der Waals surface area contributed by atoms with Gasteiger partial charge in [-0.3, -0.25) is 19.2 Å². The van der Waals surface area contributed by atoms with Crippen LogP contribution in [0.3, 0.4) is 0 Å². The normalized spacial score (nSPS) is 21.7. The lowest BCUT2D eigenvalue weighted by molar-refractivity contribution is -0.0216. The third kappa shape index (κ3) is 14.7. The summed E-state index contributed by atoms with van der Waals surface area (Å²) in [6.07, 6.45) is 26.4. The fourth-order valence-corrected chi connectivity index (χ4v) is 17.5. The van der Waals surface area contributed by atoms with Crippen molar-refractivity contribution in [3.8, 4) is 45.0 Å². The Morgan fingerprint density at radius 2 is 0.574 bits per heavy atom. The van der Waals surface area contributed by atoms with E-state index < -0.39 is 24.4 Å². The van der Waals surface area contributed by atoms with Crippen molar-refractivity contribution in [3.63, 3.8) is 0 Å². The predicted octanol–water partition coefficient (Wildman–Crippen LogP) is 6.57. The zero-order valence-corrected chi connectivity index (χ0v) is 70.7. The highest BCUT2D eigenvalue weighted by Crippen LogP contribution is 2.42. The molecule has 1 unspecified atom stereocenters. The van der Waals surface area contributed by atoms with Crippen molar-refractivity contribution in [3.05, 3.63) is 169 Å². The first-order valence-electron chi connectivity index (χ1n) is 43.4. The van der Waals surface area contributed by atoms with Gasteiger partial charge in [0.15, 0.2) is 22.6 Å². The highest BCUT2D eigenvalue weighted by atomic mass is 16.5. The van der Waals surface area contributed by atoms with Crippen molar-refractivity contribution in [1.29, 1.82) is 0 Å². The topological polar surface area (TPSA) is 485 Å². The monoisotopic (exact) mass is 1750 g/mol. The number of rotatable bonds is 20. The van der Waals surface area contributed by atoms with Crippen molar-refractivity contribution in [2.75, 3.05) is 89.1 Å². The fraction of sp³-hybridized carbons (Fsp3) is 0.371. The van der Waals surface area contributed by atoms with Gasteiger partial charge < -0.3 is 101 Å². The van der Waals surface area contributed by atoms with Gasteiger partial charge in [0.05, 0.1) is 160 Å². The Bertz CT molecular complexity index is 6560. The van der Waals surface area contributed by atoms with Crippen LogP contribution in [0.1, 0.15) is 130 Å². The van der Waals surface area contributed by atoms with Crippen LogP contribution in [0.5, 0.6) is 0 Å². The molecule has 40 nitrogen and oxygen atoms in total. The van der Waals surface area contributed by atoms with Gasteiger partial charge in [0.2, 0.25) is 0 Å². The second-order valence-electron chi connectivity index (χ2n) is 33.8. The molecule has 0 radical (unpaired) electrons. The van der Waals surface area contributed by atoms with Gasteiger partial charge in [0.25, 0.3) is 23.6 Å². The number of aliphatic hydroxyl groups excluding tert-OH is 5. The molecule has 8 atom stereocenters. The molecule has 5 aliphatic carbocycles. The summed E-state index contributed by atoms with van der Waals surface area (Å²) in [4.78, 5) is 89.3. The summed E-state index contributed by atoms with van der Waals surface area (Å²) in [5.74, 6) is 1.68. The number of carbonyl (C=O) groups excluding carboxylic acids is 4. The van der Waals surface area contributed by atoms with Crippen LogP contribution < -0.4 is 42.5 Å². The number of ether oxygens (including phenoxy) is 3. The molecular formula is C89H94N28O12. The zero-order valence-electron chi connectivity index (χ0n) is 70.7. The van der Waals surface area contributed by atoms with Crippen molar-refractivity contribution in [2.24, 2.45) is 0 Å². The van der Waals surface area contributed by atoms with Gasteiger partial charge >= 0.3 is 0 Å². The van der Waals surface area contributed by atoms with E-state index in [1.165, 1.54) is 24.8 Å². The molecular weight excluding hydrogens is 1650 g/mol. The highest BCUT2D eigenvalue weighted by Gasteiger charge is 2.39. The summed E-state index contributed by atoms with van der Waals surface area (Å²) in [7, 11) is 7.22. The quantitative estimate of drug-likeness (QED) is 0.0383. The SMILES string of the molecule is CNc1cc(-c2cn(C3CC(O)C3)c3ncccc23)nc2c(C(=O)N[C@H]3CC[C@H]3O)cnn12.CNc1cc(-c2cn(C3COC3)c3ncccc23)nc2c(C(=O)NC3CC[C@@H]3O)cnn12.CNc1cc(-c2cn(C3COC3)c3ncccc23)nc2c(C(=O)N[C@@H]3CC[C@H]3O)cnn12.CNc1cc(-c2cn(C3COC3)c3ncccc23)nc2c(C(=O)N[C@H]3CC[C@@H]3O)cnn12. The third-order valence-electron chi connectivity index (χ3n) is 26.1. The Morgan fingerprint density at radius 3 is 0.767 bits per heavy atom. The summed E-state index contributed by atoms with van der Waals surface area (Å²) >= 11 is 0. The number of carbonyl (C=O) groups is 4. The van der Waals surface area contributed by atoms with Crippen molar-refractivity contribution in [1.82, 2.24) is 118 Å². The average Bonchev–Trinajstić information content (AvgIpc) is 1.61. The number of aliphatic hydroxyl groups is 5. The standard InChI is InChI=1S/C23H25N7O3.3C22H23N7O3/c1-24-20-9-18(16-11-29(12-7-13(31)8-12)21-14(16)3-2-6-25-21)27-22-15(10-26-30(20)22)23(33)28-17-4-5-19(17)32;3*1-23-19-7-17(15-9-28(12-10-32-11-12)20-13(15)3-2-6-24-20)26-21-14(8-25-29(19)21)22(31)27-16-4-5-18(16)30/h2-3,6,9-13,17,19,24,31-32H,4-5,7-8H2,1H3,(H,28,33);3*2-3,6-9,12,16,18,23,30H,4-5,10-11H2,1H3,(H,27,31)/t12?,13?,17-,19+;16?,18-;2*16-,18-/m0010/s1. The minimum Gasteiger partial charge on any atom is -0.393 e. The van der Waals surface area contributed by atoms with E-state index in [1.54, 1.807) is 71.0 Å². The summed E-state index contributed by atoms with van der Waals surface area (Å²) in [6.45, 7) is 3.96. The maximum Gasteiger partial charge on any atom is 0.257 e. The van der Waals surface area contributed by atoms with Crippen LogP contribution in [-0.2, 0) is 14.2 Å². The number of nitrogens with one attached hydrogen (secondary N) is 8. The maximum absolute atomic E-state index is 12.9. The van der Waals surface area contributed by atoms with Crippen molar-refractivity contribution in [2.45, 2.75) is 143 Å². The molecule has 3 aliphatic heterocycles. The van der Waals surface area contributed by atoms with E-state index in [0.29, 0.717) is 152 Å². The fourth-order valence-electron chi connectivity index (χ4n) is 17.5. The number of amides is 4. The number of nitrogens with zero attached hydrogens (tertiary/aromatic N) is 20. The Kier molecular flexibility index (Phi) is 21.4. The number of fused-ring (bicyclic) bond motifs is 8. The predicted molar refractivity (Wildman–Crippen MR) is 475 cm³/mol. The molecule has 19 heterocycles. The number of aromatic nitrogens is 20. The Morgan fingerprint density at radius 1 is 0.333 bits per heavy atom. The molecule has 0 bridgehead atoms. The largest absolute Gasteiger partial charge is 0.393 e. The molecule has 16 aromatic heterocycles. The average molecular weight is 1750 g/mol. The van der Waals surface area contributed by atoms with Crippen LogP contribution in [0.4, 0.5) is 23.3 Å². The number of hydrogen-bond donors (Lipinski definition) is 13. The molecule has 13 N–H and O–H groups in total. The smallest absolute Gasteiger partial charge is 0.257 e. The zero-order chi connectivity index (χ0) is 88.1. The van der Waals surface area contributed by atoms with E-state index in [4.69, 9.17) is 34.1 Å². The number of pyridine rings is 4. The summed E-state index contributed by atoms with van der Waals surface area (Å²) in [5, 5.41) is 94.7. The molecule has 0 spiro atoms. The molecule has 8 aliphatic rings. The van der Waals surface area contributed by atoms with E-state index in [-0.39, 0.29) is 78.1 Å². The summed E-state index contributed by atoms with van der Waals surface area (Å²) in [5.41, 5.74) is 13.3. The molecule has 129 heavy (non-hydrogen) atoms. The van der Waals surface area contributed by atoms with Gasteiger partial charge in [-0.25, -0.2) is 39.9 Å². The van der Waals surface area contributed by atoms with E-state index in [0.717, 1.165) is 109 Å². The van der Waals surface area contributed by atoms with Crippen LogP contribution in [0, 0.1) is 0 Å². The second kappa shape index (κ2) is 33.6. The lowest BCUT2D eigenvalue weighted by atomic mass is 9.89. The van der Waals surface area contributed by atoms with Gasteiger partial charge in [0, 0.05) is 152 Å². The lowest BCUT2D eigenvalue weighted by Gasteiger charge is -2.32. The maximum atomic E-state index is 12.9. The van der Waals surface area contributed by atoms with E-state index in [9.17, 15) is 44.7 Å². The van der Waals surface area contributed by atoms with Gasteiger partial charge in [-0.15, -0.1) is 0 Å². The first-order valence-corrected chi connectivity index (χ1v) is 43.4. The number of anilines is 4. The van der Waals surface area contributed by atoms with Crippen LogP contribution in [0.25, 0.3) is 112 Å². The summed E-state index contributed by atoms with van der Waals surface area (Å²) in [6, 6.07) is 23.4. The first kappa shape index (κ1) is 82.0. The molecule has 8 fully saturated rings. The molecule has 24 rings (SSSR count). The second-order valence-corrected chi connectivity index (χ2v) is 33.8. The van der Waals surface area contributed by atoms with Crippen molar-refractivity contribution >= 4 is 114 Å². The molecule has 16 aromatic rings. The van der Waals surface area contributed by atoms with Gasteiger partial charge in [-0.2, -0.15) is 38.5 Å². The molecule has 3 saturated heterocycles. The highest BCUT2D eigenvalue weighted by molar-refractivity contribution is 6.05. The summed E-state index contributed by atoms with van der Waals surface area (Å²) < 4.78 is 31.1. The first-order chi connectivity index (χ1) is 62.9. The van der Waals surface area contributed by atoms with Gasteiger partial charge in [-0.1, -0.05) is 0 Å². The van der Waals surface area contributed by atoms with Gasteiger partial charge in [-0.05, 0) is 113 Å². The van der Waals surface area contributed by atoms with E-state index in [1.807, 2.05) is 79.0 Å². The van der Waals surface area contributed by atoms with Crippen LogP contribution in [-0.4, -0.2) is 268 Å². The van der Waals surface area contributed by atoms with Crippen LogP contribution >= 0.6 is 0 Å². The van der Waals surface area contributed by atoms with Crippen LogP contribution in [0.2, 0.25) is 0 Å². The Labute approximate surface area is 733 Å².